The minimum absolute atomic E-state index is 0.156. The van der Waals surface area contributed by atoms with E-state index in [-0.39, 0.29) is 17.1 Å². The highest BCUT2D eigenvalue weighted by molar-refractivity contribution is 5.39. The van der Waals surface area contributed by atoms with E-state index in [9.17, 15) is 5.11 Å². The first-order chi connectivity index (χ1) is 9.37. The first kappa shape index (κ1) is 16.0. The molecule has 2 heteroatoms. The van der Waals surface area contributed by atoms with Crippen molar-refractivity contribution in [2.45, 2.75) is 96.6 Å². The Labute approximate surface area is 124 Å². The number of rotatable bonds is 2. The molecule has 3 atom stereocenters. The van der Waals surface area contributed by atoms with Gasteiger partial charge < -0.3 is 10.8 Å². The van der Waals surface area contributed by atoms with Gasteiger partial charge in [0.25, 0.3) is 0 Å². The van der Waals surface area contributed by atoms with Gasteiger partial charge in [-0.25, -0.2) is 0 Å². The van der Waals surface area contributed by atoms with E-state index in [1.165, 1.54) is 56.1 Å². The van der Waals surface area contributed by atoms with E-state index in [4.69, 9.17) is 5.73 Å². The third kappa shape index (κ3) is 3.12. The third-order valence-electron chi connectivity index (χ3n) is 5.87. The van der Waals surface area contributed by atoms with Crippen LogP contribution in [0.1, 0.15) is 85.0 Å². The second-order valence-electron chi connectivity index (χ2n) is 7.70. The van der Waals surface area contributed by atoms with Gasteiger partial charge in [-0.05, 0) is 51.4 Å². The van der Waals surface area contributed by atoms with E-state index in [1.807, 2.05) is 6.92 Å². The van der Waals surface area contributed by atoms with Crippen LogP contribution < -0.4 is 5.73 Å². The molecule has 3 aliphatic rings. The molecule has 0 amide bonds. The number of aliphatic hydroxyl groups is 1. The van der Waals surface area contributed by atoms with Crippen molar-refractivity contribution in [2.24, 2.45) is 11.1 Å². The summed E-state index contributed by atoms with van der Waals surface area (Å²) < 4.78 is 0. The van der Waals surface area contributed by atoms with Crippen LogP contribution >= 0.6 is 0 Å². The molecule has 0 spiro atoms. The summed E-state index contributed by atoms with van der Waals surface area (Å²) >= 11 is 0. The second-order valence-corrected chi connectivity index (χ2v) is 7.70. The molecule has 3 N–H and O–H groups in total. The standard InChI is InChI=1S/C18H33NO/c1-14(20)12-15-10-8-6-4-5-7-9-11-17(2)13-16(15)18(17,3)19/h14,20H,4-13,19H2,1-3H3/b16-15+. The van der Waals surface area contributed by atoms with Gasteiger partial charge >= 0.3 is 0 Å². The van der Waals surface area contributed by atoms with Crippen LogP contribution in [-0.2, 0) is 0 Å². The second kappa shape index (κ2) is 6.19. The maximum Gasteiger partial charge on any atom is 0.0549 e. The van der Waals surface area contributed by atoms with Crippen molar-refractivity contribution in [3.8, 4) is 0 Å². The molecule has 0 aliphatic heterocycles. The average molecular weight is 279 g/mol. The molecule has 0 saturated heterocycles. The van der Waals surface area contributed by atoms with Crippen LogP contribution in [0.15, 0.2) is 11.1 Å². The van der Waals surface area contributed by atoms with Gasteiger partial charge in [-0.3, -0.25) is 0 Å². The lowest BCUT2D eigenvalue weighted by molar-refractivity contribution is 0.0847. The Bertz CT molecular complexity index is 370. The quantitative estimate of drug-likeness (QED) is 0.740. The molecule has 3 aliphatic carbocycles. The van der Waals surface area contributed by atoms with Crippen LogP contribution in [0.5, 0.6) is 0 Å². The first-order valence-electron chi connectivity index (χ1n) is 8.55. The lowest BCUT2D eigenvalue weighted by atomic mass is 9.50. The summed E-state index contributed by atoms with van der Waals surface area (Å²) in [5.41, 5.74) is 9.75. The van der Waals surface area contributed by atoms with Crippen LogP contribution in [0.2, 0.25) is 0 Å². The minimum Gasteiger partial charge on any atom is -0.393 e. The lowest BCUT2D eigenvalue weighted by Crippen LogP contribution is -2.62. The van der Waals surface area contributed by atoms with E-state index >= 15 is 0 Å². The van der Waals surface area contributed by atoms with E-state index in [1.54, 1.807) is 0 Å². The van der Waals surface area contributed by atoms with Crippen molar-refractivity contribution < 1.29 is 5.11 Å². The molecule has 0 radical (unpaired) electrons. The molecule has 2 bridgehead atoms. The maximum atomic E-state index is 9.79. The fourth-order valence-electron chi connectivity index (χ4n) is 4.15. The molecule has 116 valence electrons. The van der Waals surface area contributed by atoms with Gasteiger partial charge in [-0.15, -0.1) is 0 Å². The summed E-state index contributed by atoms with van der Waals surface area (Å²) in [6, 6.07) is 0. The average Bonchev–Trinajstić information content (AvgIpc) is 2.35. The SMILES string of the molecule is CC(O)C/C1=C2\CC(C)(CCCCCCCC1)C2(C)N. The monoisotopic (exact) mass is 279 g/mol. The highest BCUT2D eigenvalue weighted by Gasteiger charge is 2.54. The zero-order chi connectivity index (χ0) is 14.8. The maximum absolute atomic E-state index is 9.79. The fourth-order valence-corrected chi connectivity index (χ4v) is 4.15. The topological polar surface area (TPSA) is 46.2 Å². The molecular formula is C18H33NO. The Morgan fingerprint density at radius 2 is 1.70 bits per heavy atom. The van der Waals surface area contributed by atoms with Gasteiger partial charge in [-0.1, -0.05) is 50.2 Å². The highest BCUT2D eigenvalue weighted by Crippen LogP contribution is 2.57. The summed E-state index contributed by atoms with van der Waals surface area (Å²) in [4.78, 5) is 0. The summed E-state index contributed by atoms with van der Waals surface area (Å²) in [6.45, 7) is 6.48. The zero-order valence-corrected chi connectivity index (χ0v) is 13.7. The smallest absolute Gasteiger partial charge is 0.0549 e. The molecule has 1 fully saturated rings. The Hall–Kier alpha value is -0.340. The van der Waals surface area contributed by atoms with Gasteiger partial charge in [0.15, 0.2) is 0 Å². The van der Waals surface area contributed by atoms with Gasteiger partial charge in [0.2, 0.25) is 0 Å². The normalized spacial score (nSPS) is 41.2. The molecule has 3 unspecified atom stereocenters. The molecule has 2 nitrogen and oxygen atoms in total. The number of hydrogen-bond acceptors (Lipinski definition) is 2. The Morgan fingerprint density at radius 1 is 1.10 bits per heavy atom. The van der Waals surface area contributed by atoms with E-state index in [0.29, 0.717) is 0 Å². The van der Waals surface area contributed by atoms with Crippen LogP contribution in [0, 0.1) is 5.41 Å². The summed E-state index contributed by atoms with van der Waals surface area (Å²) in [6.07, 6.45) is 12.1. The summed E-state index contributed by atoms with van der Waals surface area (Å²) in [5, 5.41) is 9.79. The minimum atomic E-state index is -0.243. The molecular weight excluding hydrogens is 246 g/mol. The number of aliphatic hydroxyl groups excluding tert-OH is 1. The van der Waals surface area contributed by atoms with E-state index in [2.05, 4.69) is 13.8 Å². The molecule has 3 rings (SSSR count). The predicted molar refractivity (Wildman–Crippen MR) is 85.6 cm³/mol. The largest absolute Gasteiger partial charge is 0.393 e. The van der Waals surface area contributed by atoms with Crippen LogP contribution in [-0.4, -0.2) is 16.7 Å². The van der Waals surface area contributed by atoms with Crippen molar-refractivity contribution in [1.82, 2.24) is 0 Å². The van der Waals surface area contributed by atoms with Gasteiger partial charge in [0.05, 0.1) is 6.10 Å². The molecule has 1 saturated carbocycles. The Balaban J connectivity index is 2.22. The fraction of sp³-hybridized carbons (Fsp3) is 0.889. The van der Waals surface area contributed by atoms with Crippen LogP contribution in [0.3, 0.4) is 0 Å². The van der Waals surface area contributed by atoms with E-state index < -0.39 is 0 Å². The summed E-state index contributed by atoms with van der Waals surface area (Å²) in [5.74, 6) is 0. The first-order valence-corrected chi connectivity index (χ1v) is 8.55. The van der Waals surface area contributed by atoms with Crippen molar-refractivity contribution in [1.29, 1.82) is 0 Å². The van der Waals surface area contributed by atoms with Crippen molar-refractivity contribution in [3.63, 3.8) is 0 Å². The molecule has 0 aromatic rings. The number of hydrogen-bond donors (Lipinski definition) is 2. The highest BCUT2D eigenvalue weighted by atomic mass is 16.3. The van der Waals surface area contributed by atoms with Crippen molar-refractivity contribution >= 4 is 0 Å². The Kier molecular flexibility index (Phi) is 4.96. The van der Waals surface area contributed by atoms with Gasteiger partial charge in [-0.2, -0.15) is 0 Å². The molecule has 0 heterocycles. The predicted octanol–water partition coefficient (Wildman–Crippen LogP) is 4.32. The van der Waals surface area contributed by atoms with Gasteiger partial charge in [0, 0.05) is 5.54 Å². The molecule has 0 aromatic heterocycles. The van der Waals surface area contributed by atoms with E-state index in [0.717, 1.165) is 19.3 Å². The Morgan fingerprint density at radius 3 is 2.30 bits per heavy atom. The number of fused-ring (bicyclic) bond motifs is 8. The van der Waals surface area contributed by atoms with Gasteiger partial charge in [0.1, 0.15) is 0 Å². The van der Waals surface area contributed by atoms with Crippen molar-refractivity contribution in [3.05, 3.63) is 11.1 Å². The lowest BCUT2D eigenvalue weighted by Gasteiger charge is -2.58. The number of nitrogens with two attached hydrogens (primary N) is 1. The van der Waals surface area contributed by atoms with Crippen LogP contribution in [0.25, 0.3) is 0 Å². The zero-order valence-electron chi connectivity index (χ0n) is 13.7. The molecule has 0 aromatic carbocycles. The molecule has 20 heavy (non-hydrogen) atoms. The summed E-state index contributed by atoms with van der Waals surface area (Å²) in [7, 11) is 0. The third-order valence-corrected chi connectivity index (χ3v) is 5.87. The van der Waals surface area contributed by atoms with Crippen molar-refractivity contribution in [2.75, 3.05) is 0 Å². The van der Waals surface area contributed by atoms with Crippen LogP contribution in [0.4, 0.5) is 0 Å².